The molecule has 1 heterocycles. The summed E-state index contributed by atoms with van der Waals surface area (Å²) in [5.74, 6) is -1.32. The van der Waals surface area contributed by atoms with E-state index in [2.05, 4.69) is 46.7 Å². The number of thioether (sulfide) groups is 1. The standard InChI is InChI=1S/C13H17Br2NO5S/c1-6-9(14)11(15)22-10(6)12(18)16-7(13(19)21-3)4-5-8(17)20-2/h6-7,10H,4-5H2,1-3H3,(H,16,18)/t6?,7-,10?/m0/s1. The van der Waals surface area contributed by atoms with Gasteiger partial charge in [-0.05, 0) is 22.4 Å². The summed E-state index contributed by atoms with van der Waals surface area (Å²) < 4.78 is 11.0. The van der Waals surface area contributed by atoms with Crippen LogP contribution in [0, 0.1) is 5.92 Å². The van der Waals surface area contributed by atoms with Gasteiger partial charge in [0.2, 0.25) is 5.91 Å². The quantitative estimate of drug-likeness (QED) is 0.615. The molecule has 0 aromatic rings. The van der Waals surface area contributed by atoms with Gasteiger partial charge >= 0.3 is 11.9 Å². The second kappa shape index (κ2) is 8.93. The van der Waals surface area contributed by atoms with Crippen molar-refractivity contribution in [3.05, 3.63) is 8.30 Å². The van der Waals surface area contributed by atoms with Gasteiger partial charge in [0.15, 0.2) is 0 Å². The molecule has 2 unspecified atom stereocenters. The summed E-state index contributed by atoms with van der Waals surface area (Å²) in [6, 6.07) is -0.873. The van der Waals surface area contributed by atoms with Gasteiger partial charge in [-0.25, -0.2) is 4.79 Å². The fourth-order valence-corrected chi connectivity index (χ4v) is 4.59. The Morgan fingerprint density at radius 2 is 1.91 bits per heavy atom. The van der Waals surface area contributed by atoms with Crippen LogP contribution in [0.25, 0.3) is 0 Å². The summed E-state index contributed by atoms with van der Waals surface area (Å²) >= 11 is 8.18. The number of allylic oxidation sites excluding steroid dienone is 1. The van der Waals surface area contributed by atoms with Crippen molar-refractivity contribution in [2.45, 2.75) is 31.1 Å². The molecule has 0 spiro atoms. The lowest BCUT2D eigenvalue weighted by Gasteiger charge is -2.20. The molecule has 0 radical (unpaired) electrons. The predicted octanol–water partition coefficient (Wildman–Crippen LogP) is 2.31. The molecular formula is C13H17Br2NO5S. The topological polar surface area (TPSA) is 81.7 Å². The van der Waals surface area contributed by atoms with Crippen LogP contribution in [-0.4, -0.2) is 43.4 Å². The molecule has 0 bridgehead atoms. The van der Waals surface area contributed by atoms with Crippen molar-refractivity contribution in [3.63, 3.8) is 0 Å². The maximum Gasteiger partial charge on any atom is 0.328 e. The number of esters is 2. The zero-order chi connectivity index (χ0) is 16.9. The van der Waals surface area contributed by atoms with Gasteiger partial charge in [0.05, 0.1) is 23.3 Å². The van der Waals surface area contributed by atoms with Crippen LogP contribution in [0.5, 0.6) is 0 Å². The minimum atomic E-state index is -0.873. The van der Waals surface area contributed by atoms with E-state index in [9.17, 15) is 14.4 Å². The van der Waals surface area contributed by atoms with E-state index in [4.69, 9.17) is 0 Å². The fourth-order valence-electron chi connectivity index (χ4n) is 1.87. The zero-order valence-electron chi connectivity index (χ0n) is 12.4. The van der Waals surface area contributed by atoms with E-state index in [1.54, 1.807) is 0 Å². The summed E-state index contributed by atoms with van der Waals surface area (Å²) in [6.45, 7) is 1.91. The Hall–Kier alpha value is -0.540. The van der Waals surface area contributed by atoms with Crippen molar-refractivity contribution in [2.24, 2.45) is 5.92 Å². The number of carbonyl (C=O) groups excluding carboxylic acids is 3. The van der Waals surface area contributed by atoms with Gasteiger partial charge < -0.3 is 14.8 Å². The van der Waals surface area contributed by atoms with Gasteiger partial charge in [0.25, 0.3) is 0 Å². The van der Waals surface area contributed by atoms with Crippen LogP contribution in [0.3, 0.4) is 0 Å². The van der Waals surface area contributed by atoms with E-state index in [0.29, 0.717) is 0 Å². The van der Waals surface area contributed by atoms with Crippen molar-refractivity contribution >= 4 is 61.5 Å². The molecular weight excluding hydrogens is 442 g/mol. The smallest absolute Gasteiger partial charge is 0.328 e. The molecule has 9 heteroatoms. The van der Waals surface area contributed by atoms with Crippen molar-refractivity contribution in [3.8, 4) is 0 Å². The summed E-state index contributed by atoms with van der Waals surface area (Å²) in [5.41, 5.74) is 0. The Balaban J connectivity index is 2.68. The number of hydrogen-bond acceptors (Lipinski definition) is 6. The van der Waals surface area contributed by atoms with Gasteiger partial charge in [-0.2, -0.15) is 0 Å². The summed E-state index contributed by atoms with van der Waals surface area (Å²) in [4.78, 5) is 35.3. The van der Waals surface area contributed by atoms with Gasteiger partial charge in [0, 0.05) is 16.8 Å². The van der Waals surface area contributed by atoms with Crippen molar-refractivity contribution in [1.29, 1.82) is 0 Å². The zero-order valence-corrected chi connectivity index (χ0v) is 16.3. The molecule has 0 aromatic heterocycles. The Labute approximate surface area is 150 Å². The third-order valence-electron chi connectivity index (χ3n) is 3.20. The molecule has 1 aliphatic heterocycles. The molecule has 0 saturated carbocycles. The lowest BCUT2D eigenvalue weighted by molar-refractivity contribution is -0.146. The Kier molecular flexibility index (Phi) is 7.92. The van der Waals surface area contributed by atoms with Gasteiger partial charge in [0.1, 0.15) is 6.04 Å². The van der Waals surface area contributed by atoms with Crippen LogP contribution in [0.2, 0.25) is 0 Å². The maximum absolute atomic E-state index is 12.4. The van der Waals surface area contributed by atoms with Crippen molar-refractivity contribution in [2.75, 3.05) is 14.2 Å². The van der Waals surface area contributed by atoms with Crippen LogP contribution in [0.1, 0.15) is 19.8 Å². The molecule has 1 rings (SSSR count). The van der Waals surface area contributed by atoms with Gasteiger partial charge in [-0.3, -0.25) is 9.59 Å². The first kappa shape index (κ1) is 19.5. The van der Waals surface area contributed by atoms with Crippen LogP contribution in [0.4, 0.5) is 0 Å². The molecule has 124 valence electrons. The predicted molar refractivity (Wildman–Crippen MR) is 90.6 cm³/mol. The first-order valence-electron chi connectivity index (χ1n) is 6.48. The Morgan fingerprint density at radius 3 is 2.36 bits per heavy atom. The number of rotatable bonds is 6. The highest BCUT2D eigenvalue weighted by molar-refractivity contribution is 9.15. The Bertz CT molecular complexity index is 497. The number of halogens is 2. The third-order valence-corrected chi connectivity index (χ3v) is 7.40. The molecule has 3 atom stereocenters. The van der Waals surface area contributed by atoms with E-state index >= 15 is 0 Å². The maximum atomic E-state index is 12.4. The number of methoxy groups -OCH3 is 2. The number of hydrogen-bond donors (Lipinski definition) is 1. The number of carbonyl (C=O) groups is 3. The van der Waals surface area contributed by atoms with Gasteiger partial charge in [-0.15, -0.1) is 11.8 Å². The molecule has 0 saturated heterocycles. The average molecular weight is 459 g/mol. The molecule has 22 heavy (non-hydrogen) atoms. The van der Waals surface area contributed by atoms with Crippen molar-refractivity contribution in [1.82, 2.24) is 5.32 Å². The number of amides is 1. The van der Waals surface area contributed by atoms with Crippen LogP contribution in [-0.2, 0) is 23.9 Å². The van der Waals surface area contributed by atoms with E-state index in [1.807, 2.05) is 6.92 Å². The van der Waals surface area contributed by atoms with Crippen LogP contribution in [0.15, 0.2) is 8.30 Å². The number of nitrogens with one attached hydrogen (secondary N) is 1. The highest BCUT2D eigenvalue weighted by Crippen LogP contribution is 2.47. The normalized spacial score (nSPS) is 22.2. The molecule has 0 fully saturated rings. The fraction of sp³-hybridized carbons (Fsp3) is 0.615. The summed E-state index contributed by atoms with van der Waals surface area (Å²) in [7, 11) is 2.51. The highest BCUT2D eigenvalue weighted by Gasteiger charge is 2.37. The first-order chi connectivity index (χ1) is 10.3. The molecule has 0 aromatic carbocycles. The number of ether oxygens (including phenoxy) is 2. The summed E-state index contributed by atoms with van der Waals surface area (Å²) in [5, 5.41) is 2.30. The largest absolute Gasteiger partial charge is 0.469 e. The molecule has 0 aliphatic carbocycles. The molecule has 6 nitrogen and oxygen atoms in total. The molecule has 1 N–H and O–H groups in total. The SMILES string of the molecule is COC(=O)CC[C@H](NC(=O)C1SC(Br)=C(Br)C1C)C(=O)OC. The minimum Gasteiger partial charge on any atom is -0.469 e. The lowest BCUT2D eigenvalue weighted by Crippen LogP contribution is -2.46. The monoisotopic (exact) mass is 457 g/mol. The molecule has 1 aliphatic rings. The van der Waals surface area contributed by atoms with Crippen LogP contribution >= 0.6 is 43.6 Å². The van der Waals surface area contributed by atoms with Gasteiger partial charge in [-0.1, -0.05) is 22.9 Å². The molecule has 1 amide bonds. The lowest BCUT2D eigenvalue weighted by atomic mass is 10.1. The second-order valence-corrected chi connectivity index (χ2v) is 7.97. The third kappa shape index (κ3) is 4.99. The van der Waals surface area contributed by atoms with Crippen LogP contribution < -0.4 is 5.32 Å². The summed E-state index contributed by atoms with van der Waals surface area (Å²) in [6.07, 6.45) is 0.155. The van der Waals surface area contributed by atoms with E-state index < -0.39 is 18.0 Å². The van der Waals surface area contributed by atoms with E-state index in [1.165, 1.54) is 26.0 Å². The first-order valence-corrected chi connectivity index (χ1v) is 8.95. The second-order valence-electron chi connectivity index (χ2n) is 4.65. The highest BCUT2D eigenvalue weighted by atomic mass is 79.9. The average Bonchev–Trinajstić information content (AvgIpc) is 2.77. The van der Waals surface area contributed by atoms with Crippen molar-refractivity contribution < 1.29 is 23.9 Å². The van der Waals surface area contributed by atoms with E-state index in [-0.39, 0.29) is 29.9 Å². The Morgan fingerprint density at radius 1 is 1.27 bits per heavy atom. The van der Waals surface area contributed by atoms with E-state index in [0.717, 1.165) is 8.30 Å². The minimum absolute atomic E-state index is 0.0155.